The van der Waals surface area contributed by atoms with Crippen molar-refractivity contribution in [1.29, 1.82) is 5.26 Å². The molecule has 96 valence electrons. The van der Waals surface area contributed by atoms with E-state index in [0.717, 1.165) is 10.2 Å². The summed E-state index contributed by atoms with van der Waals surface area (Å²) in [5, 5.41) is 12.8. The van der Waals surface area contributed by atoms with Crippen LogP contribution in [-0.2, 0) is 0 Å². The average molecular weight is 338 g/mol. The fourth-order valence-electron chi connectivity index (χ4n) is 1.59. The number of hydrogen-bond donors (Lipinski definition) is 1. The number of hydrogen-bond acceptors (Lipinski definition) is 3. The Morgan fingerprint density at radius 1 is 1.21 bits per heavy atom. The summed E-state index contributed by atoms with van der Waals surface area (Å²) in [5.74, 6) is 0.674. The molecule has 2 rings (SSSR count). The molecule has 19 heavy (non-hydrogen) atoms. The van der Waals surface area contributed by atoms with Crippen molar-refractivity contribution in [2.75, 3.05) is 12.4 Å². The van der Waals surface area contributed by atoms with Gasteiger partial charge in [-0.2, -0.15) is 5.26 Å². The van der Waals surface area contributed by atoms with Crippen molar-refractivity contribution in [3.05, 3.63) is 51.5 Å². The molecule has 0 atom stereocenters. The molecule has 2 aromatic carbocycles. The van der Waals surface area contributed by atoms with Crippen molar-refractivity contribution >= 4 is 38.9 Å². The van der Waals surface area contributed by atoms with Crippen LogP contribution in [0.2, 0.25) is 5.02 Å². The molecule has 5 heteroatoms. The molecule has 2 aromatic rings. The highest BCUT2D eigenvalue weighted by Gasteiger charge is 2.07. The Morgan fingerprint density at radius 3 is 2.68 bits per heavy atom. The number of anilines is 2. The van der Waals surface area contributed by atoms with E-state index in [1.54, 1.807) is 31.4 Å². The molecule has 0 unspecified atom stereocenters. The van der Waals surface area contributed by atoms with E-state index in [0.29, 0.717) is 22.0 Å². The van der Waals surface area contributed by atoms with Crippen LogP contribution in [0.4, 0.5) is 11.4 Å². The number of halogens is 2. The lowest BCUT2D eigenvalue weighted by Crippen LogP contribution is -1.95. The zero-order valence-corrected chi connectivity index (χ0v) is 12.4. The van der Waals surface area contributed by atoms with E-state index in [4.69, 9.17) is 21.6 Å². The Morgan fingerprint density at radius 2 is 2.00 bits per heavy atom. The van der Waals surface area contributed by atoms with Gasteiger partial charge in [0.2, 0.25) is 0 Å². The summed E-state index contributed by atoms with van der Waals surface area (Å²) in [5.41, 5.74) is 1.90. The van der Waals surface area contributed by atoms with Gasteiger partial charge in [0.1, 0.15) is 11.8 Å². The Labute approximate surface area is 124 Å². The van der Waals surface area contributed by atoms with E-state index in [1.807, 2.05) is 12.1 Å². The first-order valence-electron chi connectivity index (χ1n) is 5.44. The fraction of sp³-hybridized carbons (Fsp3) is 0.0714. The third-order valence-corrected chi connectivity index (χ3v) is 3.37. The van der Waals surface area contributed by atoms with E-state index in [-0.39, 0.29) is 0 Å². The molecule has 0 aliphatic heterocycles. The number of rotatable bonds is 3. The van der Waals surface area contributed by atoms with Crippen LogP contribution in [0, 0.1) is 11.3 Å². The van der Waals surface area contributed by atoms with Gasteiger partial charge in [-0.1, -0.05) is 27.5 Å². The second-order valence-corrected chi connectivity index (χ2v) is 5.10. The topological polar surface area (TPSA) is 45.0 Å². The molecule has 0 aliphatic rings. The molecule has 0 radical (unpaired) electrons. The first kappa shape index (κ1) is 13.7. The largest absolute Gasteiger partial charge is 0.497 e. The maximum atomic E-state index is 9.11. The summed E-state index contributed by atoms with van der Waals surface area (Å²) < 4.78 is 6.06. The van der Waals surface area contributed by atoms with Crippen LogP contribution < -0.4 is 10.1 Å². The fourth-order valence-corrected chi connectivity index (χ4v) is 2.12. The molecule has 0 aliphatic carbocycles. The number of methoxy groups -OCH3 is 1. The maximum Gasteiger partial charge on any atom is 0.121 e. The second-order valence-electron chi connectivity index (χ2n) is 3.77. The highest BCUT2D eigenvalue weighted by Crippen LogP contribution is 2.31. The maximum absolute atomic E-state index is 9.11. The van der Waals surface area contributed by atoms with Gasteiger partial charge in [-0.25, -0.2) is 0 Å². The van der Waals surface area contributed by atoms with Gasteiger partial charge in [0, 0.05) is 10.5 Å². The van der Waals surface area contributed by atoms with Crippen molar-refractivity contribution in [1.82, 2.24) is 0 Å². The van der Waals surface area contributed by atoms with Crippen LogP contribution >= 0.6 is 27.5 Å². The average Bonchev–Trinajstić information content (AvgIpc) is 2.42. The SMILES string of the molecule is COc1ccc(C#N)c(Nc2cc(Br)ccc2Cl)c1. The molecule has 0 heterocycles. The highest BCUT2D eigenvalue weighted by molar-refractivity contribution is 9.10. The summed E-state index contributed by atoms with van der Waals surface area (Å²) in [6.45, 7) is 0. The normalized spacial score (nSPS) is 9.79. The van der Waals surface area contributed by atoms with E-state index in [1.165, 1.54) is 0 Å². The highest BCUT2D eigenvalue weighted by atomic mass is 79.9. The Kier molecular flexibility index (Phi) is 4.31. The molecule has 0 saturated carbocycles. The van der Waals surface area contributed by atoms with Crippen molar-refractivity contribution in [2.24, 2.45) is 0 Å². The lowest BCUT2D eigenvalue weighted by molar-refractivity contribution is 0.415. The van der Waals surface area contributed by atoms with Gasteiger partial charge in [0.15, 0.2) is 0 Å². The van der Waals surface area contributed by atoms with Gasteiger partial charge in [0.05, 0.1) is 29.1 Å². The summed E-state index contributed by atoms with van der Waals surface area (Å²) >= 11 is 9.50. The number of nitriles is 1. The van der Waals surface area contributed by atoms with Gasteiger partial charge < -0.3 is 10.1 Å². The Balaban J connectivity index is 2.42. The van der Waals surface area contributed by atoms with Crippen molar-refractivity contribution in [3.63, 3.8) is 0 Å². The lowest BCUT2D eigenvalue weighted by Gasteiger charge is -2.11. The van der Waals surface area contributed by atoms with Crippen LogP contribution in [0.1, 0.15) is 5.56 Å². The molecular formula is C14H10BrClN2O. The zero-order valence-electron chi connectivity index (χ0n) is 10.1. The smallest absolute Gasteiger partial charge is 0.121 e. The van der Waals surface area contributed by atoms with E-state index in [2.05, 4.69) is 27.3 Å². The van der Waals surface area contributed by atoms with Crippen LogP contribution in [0.5, 0.6) is 5.75 Å². The standard InChI is InChI=1S/C14H10BrClN2O/c1-19-11-4-2-9(8-17)13(7-11)18-14-6-10(15)3-5-12(14)16/h2-7,18H,1H3. The van der Waals surface area contributed by atoms with Gasteiger partial charge in [0.25, 0.3) is 0 Å². The molecule has 0 fully saturated rings. The van der Waals surface area contributed by atoms with E-state index < -0.39 is 0 Å². The summed E-state index contributed by atoms with van der Waals surface area (Å²) in [7, 11) is 1.58. The number of ether oxygens (including phenoxy) is 1. The number of benzene rings is 2. The van der Waals surface area contributed by atoms with E-state index in [9.17, 15) is 0 Å². The predicted molar refractivity (Wildman–Crippen MR) is 80.1 cm³/mol. The lowest BCUT2D eigenvalue weighted by atomic mass is 10.1. The van der Waals surface area contributed by atoms with Gasteiger partial charge in [-0.3, -0.25) is 0 Å². The second kappa shape index (κ2) is 5.96. The molecular weight excluding hydrogens is 328 g/mol. The minimum absolute atomic E-state index is 0.525. The van der Waals surface area contributed by atoms with Crippen LogP contribution in [-0.4, -0.2) is 7.11 Å². The predicted octanol–water partition coefficient (Wildman–Crippen LogP) is 4.73. The first-order chi connectivity index (χ1) is 9.13. The minimum Gasteiger partial charge on any atom is -0.497 e. The Hall–Kier alpha value is -1.70. The summed E-state index contributed by atoms with van der Waals surface area (Å²) in [6.07, 6.45) is 0. The molecule has 0 saturated heterocycles. The van der Waals surface area contributed by atoms with Gasteiger partial charge in [-0.15, -0.1) is 0 Å². The summed E-state index contributed by atoms with van der Waals surface area (Å²) in [6, 6.07) is 12.8. The van der Waals surface area contributed by atoms with Crippen LogP contribution in [0.25, 0.3) is 0 Å². The Bertz CT molecular complexity index is 652. The molecule has 0 bridgehead atoms. The van der Waals surface area contributed by atoms with Gasteiger partial charge >= 0.3 is 0 Å². The molecule has 0 amide bonds. The first-order valence-corrected chi connectivity index (χ1v) is 6.61. The zero-order chi connectivity index (χ0) is 13.8. The third-order valence-electron chi connectivity index (χ3n) is 2.54. The van der Waals surface area contributed by atoms with Crippen LogP contribution in [0.3, 0.4) is 0 Å². The van der Waals surface area contributed by atoms with Gasteiger partial charge in [-0.05, 0) is 30.3 Å². The monoisotopic (exact) mass is 336 g/mol. The third kappa shape index (κ3) is 3.19. The summed E-state index contributed by atoms with van der Waals surface area (Å²) in [4.78, 5) is 0. The molecule has 0 aromatic heterocycles. The van der Waals surface area contributed by atoms with E-state index >= 15 is 0 Å². The van der Waals surface area contributed by atoms with Crippen molar-refractivity contribution in [2.45, 2.75) is 0 Å². The van der Waals surface area contributed by atoms with Crippen molar-refractivity contribution in [3.8, 4) is 11.8 Å². The molecule has 1 N–H and O–H groups in total. The minimum atomic E-state index is 0.525. The molecule has 0 spiro atoms. The number of nitrogens with zero attached hydrogens (tertiary/aromatic N) is 1. The molecule has 3 nitrogen and oxygen atoms in total. The quantitative estimate of drug-likeness (QED) is 0.881. The number of nitrogens with one attached hydrogen (secondary N) is 1. The van der Waals surface area contributed by atoms with Crippen LogP contribution in [0.15, 0.2) is 40.9 Å². The van der Waals surface area contributed by atoms with Crippen molar-refractivity contribution < 1.29 is 4.74 Å².